The van der Waals surface area contributed by atoms with Gasteiger partial charge in [0.25, 0.3) is 0 Å². The van der Waals surface area contributed by atoms with Crippen LogP contribution < -0.4 is 33.6 Å². The quantitative estimate of drug-likeness (QED) is 0.504. The number of aryl methyl sites for hydroxylation is 2. The van der Waals surface area contributed by atoms with Crippen molar-refractivity contribution in [2.45, 2.75) is 40.5 Å². The summed E-state index contributed by atoms with van der Waals surface area (Å²) in [5.41, 5.74) is 3.03. The summed E-state index contributed by atoms with van der Waals surface area (Å²) in [5, 5.41) is 0.935. The number of hydrogen-bond acceptors (Lipinski definition) is 3. The van der Waals surface area contributed by atoms with Crippen molar-refractivity contribution in [3.8, 4) is 11.5 Å². The van der Waals surface area contributed by atoms with Gasteiger partial charge in [-0.05, 0) is 58.5 Å². The van der Waals surface area contributed by atoms with E-state index < -0.39 is 0 Å². The third-order valence-electron chi connectivity index (χ3n) is 3.84. The summed E-state index contributed by atoms with van der Waals surface area (Å²) in [5.74, 6) is 1.55. The van der Waals surface area contributed by atoms with E-state index in [1.54, 1.807) is 0 Å². The molecule has 0 N–H and O–H groups in total. The first-order valence-electron chi connectivity index (χ1n) is 8.84. The summed E-state index contributed by atoms with van der Waals surface area (Å²) < 4.78 is 11.6. The largest absolute Gasteiger partial charge is 1.00 e. The Balaban J connectivity index is 0.00000338. The fraction of sp³-hybridized carbons (Fsp3) is 0.381. The molecule has 0 aromatic heterocycles. The number of ether oxygens (including phenoxy) is 2. The van der Waals surface area contributed by atoms with Crippen molar-refractivity contribution in [1.29, 1.82) is 0 Å². The summed E-state index contributed by atoms with van der Waals surface area (Å²) >= 11 is 0. The van der Waals surface area contributed by atoms with Crippen molar-refractivity contribution in [3.63, 3.8) is 0 Å². The molecule has 1 atom stereocenters. The Morgan fingerprint density at radius 1 is 0.962 bits per heavy atom. The minimum Gasteiger partial charge on any atom is -0.493 e. The molecule has 134 valence electrons. The van der Waals surface area contributed by atoms with Gasteiger partial charge in [-0.2, -0.15) is 0 Å². The fourth-order valence-corrected chi connectivity index (χ4v) is 3.80. The van der Waals surface area contributed by atoms with Crippen molar-refractivity contribution in [2.75, 3.05) is 13.2 Å². The second-order valence-electron chi connectivity index (χ2n) is 6.08. The van der Waals surface area contributed by atoms with Crippen LogP contribution in [0.1, 0.15) is 48.2 Å². The maximum absolute atomic E-state index is 12.9. The van der Waals surface area contributed by atoms with E-state index in [2.05, 4.69) is 13.8 Å². The molecule has 0 aliphatic rings. The van der Waals surface area contributed by atoms with E-state index in [1.807, 2.05) is 50.2 Å². The second-order valence-corrected chi connectivity index (χ2v) is 7.32. The van der Waals surface area contributed by atoms with Gasteiger partial charge in [-0.15, -0.1) is 0 Å². The van der Waals surface area contributed by atoms with Crippen LogP contribution in [0.4, 0.5) is 0 Å². The second kappa shape index (κ2) is 11.5. The van der Waals surface area contributed by atoms with Gasteiger partial charge in [0.1, 0.15) is 11.5 Å². The topological polar surface area (TPSA) is 35.5 Å². The zero-order valence-electron chi connectivity index (χ0n) is 16.5. The van der Waals surface area contributed by atoms with Crippen molar-refractivity contribution in [2.24, 2.45) is 0 Å². The molecular formula is C21H27LiO3P+. The van der Waals surface area contributed by atoms with Crippen LogP contribution in [-0.2, 0) is 0 Å². The Bertz CT molecular complexity index is 711. The van der Waals surface area contributed by atoms with Gasteiger partial charge >= 0.3 is 18.9 Å². The van der Waals surface area contributed by atoms with E-state index in [0.29, 0.717) is 13.2 Å². The van der Waals surface area contributed by atoms with Gasteiger partial charge in [0.05, 0.1) is 13.2 Å². The first-order valence-corrected chi connectivity index (χ1v) is 9.84. The molecule has 0 spiro atoms. The summed E-state index contributed by atoms with van der Waals surface area (Å²) in [6, 6.07) is 11.8. The molecule has 3 nitrogen and oxygen atoms in total. The molecule has 5 heteroatoms. The molecular weight excluding hydrogens is 338 g/mol. The Kier molecular flexibility index (Phi) is 10.0. The molecule has 0 aliphatic heterocycles. The van der Waals surface area contributed by atoms with Gasteiger partial charge in [-0.1, -0.05) is 32.0 Å². The molecule has 2 rings (SSSR count). The predicted molar refractivity (Wildman–Crippen MR) is 106 cm³/mol. The molecule has 0 amide bonds. The predicted octanol–water partition coefficient (Wildman–Crippen LogP) is 2.03. The first kappa shape index (κ1) is 22.8. The minimum absolute atomic E-state index is 0. The zero-order chi connectivity index (χ0) is 18.2. The molecule has 2 aromatic carbocycles. The van der Waals surface area contributed by atoms with E-state index in [9.17, 15) is 4.79 Å². The summed E-state index contributed by atoms with van der Waals surface area (Å²) in [6.45, 7) is 9.43. The van der Waals surface area contributed by atoms with Crippen LogP contribution in [0.2, 0.25) is 0 Å². The van der Waals surface area contributed by atoms with Crippen LogP contribution in [-0.4, -0.2) is 18.7 Å². The molecule has 0 fully saturated rings. The Hall–Kier alpha value is -1.26. The zero-order valence-corrected chi connectivity index (χ0v) is 17.5. The van der Waals surface area contributed by atoms with E-state index in [-0.39, 0.29) is 33.0 Å². The van der Waals surface area contributed by atoms with E-state index in [0.717, 1.165) is 46.3 Å². The summed E-state index contributed by atoms with van der Waals surface area (Å²) in [4.78, 5) is 12.9. The maximum Gasteiger partial charge on any atom is 1.00 e. The van der Waals surface area contributed by atoms with Gasteiger partial charge in [0.2, 0.25) is 0 Å². The third-order valence-corrected chi connectivity index (χ3v) is 5.00. The summed E-state index contributed by atoms with van der Waals surface area (Å²) in [6.07, 6.45) is 1.88. The monoisotopic (exact) mass is 365 g/mol. The molecule has 0 saturated carbocycles. The van der Waals surface area contributed by atoms with Crippen molar-refractivity contribution < 1.29 is 33.1 Å². The number of hydrogen-bond donors (Lipinski definition) is 0. The number of carbonyl (C=O) groups is 1. The smallest absolute Gasteiger partial charge is 0.493 e. The molecule has 26 heavy (non-hydrogen) atoms. The van der Waals surface area contributed by atoms with E-state index in [4.69, 9.17) is 9.47 Å². The average Bonchev–Trinajstić information content (AvgIpc) is 2.59. The Morgan fingerprint density at radius 3 is 2.19 bits per heavy atom. The van der Waals surface area contributed by atoms with Crippen LogP contribution in [0.15, 0.2) is 36.4 Å². The molecule has 1 unspecified atom stereocenters. The standard InChI is InChI=1S/C21H27O3P.Li/c1-5-12-23-17-10-11-19(18(14-17)24-13-6-2)25-21(22)20-15(3)8-7-9-16(20)4;/h7-11,14,25H,5-6,12-13H2,1-4H3;/q;+1. The normalized spacial score (nSPS) is 10.6. The fourth-order valence-electron chi connectivity index (χ4n) is 2.60. The molecule has 0 aliphatic carbocycles. The number of rotatable bonds is 9. The van der Waals surface area contributed by atoms with Crippen LogP contribution in [0.25, 0.3) is 0 Å². The van der Waals surface area contributed by atoms with E-state index >= 15 is 0 Å². The Morgan fingerprint density at radius 2 is 1.58 bits per heavy atom. The Labute approximate surface area is 170 Å². The van der Waals surface area contributed by atoms with Crippen LogP contribution in [0.5, 0.6) is 11.5 Å². The van der Waals surface area contributed by atoms with Gasteiger partial charge in [0.15, 0.2) is 5.52 Å². The molecule has 0 radical (unpaired) electrons. The van der Waals surface area contributed by atoms with Crippen molar-refractivity contribution in [3.05, 3.63) is 53.1 Å². The molecule has 2 aromatic rings. The van der Waals surface area contributed by atoms with Crippen molar-refractivity contribution >= 4 is 19.4 Å². The SMILES string of the molecule is CCCOc1ccc(PC(=O)c2c(C)cccc2C)c(OCCC)c1.[Li+]. The third kappa shape index (κ3) is 6.17. The van der Waals surface area contributed by atoms with Crippen LogP contribution in [0.3, 0.4) is 0 Å². The van der Waals surface area contributed by atoms with Gasteiger partial charge in [-0.25, -0.2) is 0 Å². The first-order chi connectivity index (χ1) is 12.1. The molecule has 0 heterocycles. The number of benzene rings is 2. The van der Waals surface area contributed by atoms with Crippen LogP contribution in [0, 0.1) is 13.8 Å². The number of carbonyl (C=O) groups excluding carboxylic acids is 1. The van der Waals surface area contributed by atoms with Gasteiger partial charge in [0, 0.05) is 16.9 Å². The minimum atomic E-state index is 0. The summed E-state index contributed by atoms with van der Waals surface area (Å²) in [7, 11) is 0.0378. The van der Waals surface area contributed by atoms with Gasteiger partial charge in [-0.3, -0.25) is 4.79 Å². The van der Waals surface area contributed by atoms with Crippen LogP contribution >= 0.6 is 8.58 Å². The molecule has 0 saturated heterocycles. The molecule has 0 bridgehead atoms. The maximum atomic E-state index is 12.9. The van der Waals surface area contributed by atoms with Crippen molar-refractivity contribution in [1.82, 2.24) is 0 Å². The van der Waals surface area contributed by atoms with Gasteiger partial charge < -0.3 is 9.47 Å². The van der Waals surface area contributed by atoms with E-state index in [1.165, 1.54) is 0 Å². The average molecular weight is 365 g/mol.